The van der Waals surface area contributed by atoms with Crippen molar-refractivity contribution in [3.8, 4) is 11.5 Å². The predicted octanol–water partition coefficient (Wildman–Crippen LogP) is 1.72. The van der Waals surface area contributed by atoms with Crippen molar-refractivity contribution >= 4 is 0 Å². The van der Waals surface area contributed by atoms with Crippen LogP contribution in [0.5, 0.6) is 11.5 Å². The third-order valence-electron chi connectivity index (χ3n) is 2.68. The van der Waals surface area contributed by atoms with Gasteiger partial charge in [0, 0.05) is 25.0 Å². The second-order valence-electron chi connectivity index (χ2n) is 3.87. The van der Waals surface area contributed by atoms with Crippen LogP contribution in [-0.2, 0) is 13.7 Å². The van der Waals surface area contributed by atoms with Gasteiger partial charge in [-0.15, -0.1) is 0 Å². The lowest BCUT2D eigenvalue weighted by Gasteiger charge is -2.09. The zero-order chi connectivity index (χ0) is 12.4. The van der Waals surface area contributed by atoms with Crippen LogP contribution in [0.4, 0.5) is 0 Å². The molecule has 17 heavy (non-hydrogen) atoms. The van der Waals surface area contributed by atoms with Gasteiger partial charge in [-0.2, -0.15) is 5.10 Å². The number of rotatable bonds is 3. The van der Waals surface area contributed by atoms with Crippen LogP contribution < -0.4 is 4.74 Å². The summed E-state index contributed by atoms with van der Waals surface area (Å²) >= 11 is 0. The van der Waals surface area contributed by atoms with Crippen LogP contribution in [0.15, 0.2) is 18.5 Å². The summed E-state index contributed by atoms with van der Waals surface area (Å²) in [5.74, 6) is 1.34. The number of aliphatic hydroxyl groups excluding tert-OH is 1. The monoisotopic (exact) mass is 233 g/mol. The molecule has 0 aliphatic rings. The van der Waals surface area contributed by atoms with Gasteiger partial charge < -0.3 is 9.84 Å². The molecular formula is C12H15N3O2. The predicted molar refractivity (Wildman–Crippen MR) is 62.9 cm³/mol. The van der Waals surface area contributed by atoms with Gasteiger partial charge in [-0.05, 0) is 19.9 Å². The van der Waals surface area contributed by atoms with E-state index in [9.17, 15) is 5.11 Å². The van der Waals surface area contributed by atoms with Gasteiger partial charge in [-0.3, -0.25) is 9.67 Å². The Hall–Kier alpha value is -1.88. The first kappa shape index (κ1) is 11.6. The SMILES string of the molecule is Cc1nn(C)c(C)c1Oc1ccncc1CO. The fourth-order valence-corrected chi connectivity index (χ4v) is 1.64. The Morgan fingerprint density at radius 1 is 1.41 bits per heavy atom. The zero-order valence-corrected chi connectivity index (χ0v) is 10.1. The second-order valence-corrected chi connectivity index (χ2v) is 3.87. The third kappa shape index (κ3) is 2.14. The highest BCUT2D eigenvalue weighted by Crippen LogP contribution is 2.29. The highest BCUT2D eigenvalue weighted by Gasteiger charge is 2.13. The van der Waals surface area contributed by atoms with Crippen LogP contribution in [0, 0.1) is 13.8 Å². The normalized spacial score (nSPS) is 10.6. The molecule has 0 amide bonds. The van der Waals surface area contributed by atoms with Crippen LogP contribution in [0.3, 0.4) is 0 Å². The summed E-state index contributed by atoms with van der Waals surface area (Å²) in [5.41, 5.74) is 2.43. The molecule has 0 radical (unpaired) electrons. The minimum absolute atomic E-state index is 0.0957. The standard InChI is InChI=1S/C12H15N3O2/c1-8-12(9(2)15(3)14-8)17-11-4-5-13-6-10(11)7-16/h4-6,16H,7H2,1-3H3. The van der Waals surface area contributed by atoms with Crippen molar-refractivity contribution in [3.05, 3.63) is 35.4 Å². The maximum Gasteiger partial charge on any atom is 0.171 e. The molecule has 0 saturated carbocycles. The summed E-state index contributed by atoms with van der Waals surface area (Å²) in [5, 5.41) is 13.5. The third-order valence-corrected chi connectivity index (χ3v) is 2.68. The van der Waals surface area contributed by atoms with Crippen molar-refractivity contribution in [2.45, 2.75) is 20.5 Å². The molecule has 0 fully saturated rings. The summed E-state index contributed by atoms with van der Waals surface area (Å²) in [4.78, 5) is 3.95. The molecule has 0 bridgehead atoms. The highest BCUT2D eigenvalue weighted by molar-refractivity contribution is 5.39. The average molecular weight is 233 g/mol. The van der Waals surface area contributed by atoms with E-state index in [1.54, 1.807) is 23.1 Å². The molecule has 5 nitrogen and oxygen atoms in total. The van der Waals surface area contributed by atoms with Crippen LogP contribution in [0.25, 0.3) is 0 Å². The van der Waals surface area contributed by atoms with Gasteiger partial charge in [0.05, 0.1) is 12.3 Å². The van der Waals surface area contributed by atoms with E-state index in [-0.39, 0.29) is 6.61 Å². The fourth-order valence-electron chi connectivity index (χ4n) is 1.64. The Morgan fingerprint density at radius 3 is 2.76 bits per heavy atom. The molecule has 2 rings (SSSR count). The Labute approximate surface area is 99.7 Å². The molecule has 2 aromatic heterocycles. The summed E-state index contributed by atoms with van der Waals surface area (Å²) < 4.78 is 7.57. The first-order valence-electron chi connectivity index (χ1n) is 5.35. The number of nitrogens with zero attached hydrogens (tertiary/aromatic N) is 3. The molecule has 2 aromatic rings. The quantitative estimate of drug-likeness (QED) is 0.876. The van der Waals surface area contributed by atoms with Crippen LogP contribution in [0.2, 0.25) is 0 Å². The van der Waals surface area contributed by atoms with Gasteiger partial charge in [0.15, 0.2) is 5.75 Å². The Morgan fingerprint density at radius 2 is 2.18 bits per heavy atom. The lowest BCUT2D eigenvalue weighted by atomic mass is 10.2. The summed E-state index contributed by atoms with van der Waals surface area (Å²) in [6.07, 6.45) is 3.23. The van der Waals surface area contributed by atoms with Crippen molar-refractivity contribution in [1.29, 1.82) is 0 Å². The first-order chi connectivity index (χ1) is 8.13. The zero-order valence-electron chi connectivity index (χ0n) is 10.1. The second kappa shape index (κ2) is 4.55. The van der Waals surface area contributed by atoms with Gasteiger partial charge in [0.2, 0.25) is 0 Å². The number of hydrogen-bond acceptors (Lipinski definition) is 4. The van der Waals surface area contributed by atoms with Gasteiger partial charge >= 0.3 is 0 Å². The fraction of sp³-hybridized carbons (Fsp3) is 0.333. The van der Waals surface area contributed by atoms with Gasteiger partial charge in [-0.1, -0.05) is 0 Å². The number of aliphatic hydroxyl groups is 1. The Balaban J connectivity index is 2.38. The van der Waals surface area contributed by atoms with E-state index in [2.05, 4.69) is 10.1 Å². The van der Waals surface area contributed by atoms with Crippen molar-refractivity contribution in [3.63, 3.8) is 0 Å². The summed E-state index contributed by atoms with van der Waals surface area (Å²) in [7, 11) is 1.87. The van der Waals surface area contributed by atoms with E-state index in [1.807, 2.05) is 20.9 Å². The van der Waals surface area contributed by atoms with Crippen molar-refractivity contribution in [2.75, 3.05) is 0 Å². The van der Waals surface area contributed by atoms with E-state index in [4.69, 9.17) is 4.74 Å². The molecule has 0 aliphatic carbocycles. The van der Waals surface area contributed by atoms with E-state index in [0.29, 0.717) is 11.3 Å². The minimum atomic E-state index is -0.0957. The average Bonchev–Trinajstić information content (AvgIpc) is 2.57. The number of pyridine rings is 1. The molecule has 0 unspecified atom stereocenters. The van der Waals surface area contributed by atoms with E-state index in [0.717, 1.165) is 17.1 Å². The van der Waals surface area contributed by atoms with E-state index < -0.39 is 0 Å². The Bertz CT molecular complexity index is 535. The number of ether oxygens (including phenoxy) is 1. The maximum atomic E-state index is 9.20. The van der Waals surface area contributed by atoms with E-state index in [1.165, 1.54) is 0 Å². The first-order valence-corrected chi connectivity index (χ1v) is 5.35. The highest BCUT2D eigenvalue weighted by atomic mass is 16.5. The smallest absolute Gasteiger partial charge is 0.171 e. The molecule has 0 atom stereocenters. The van der Waals surface area contributed by atoms with Crippen molar-refractivity contribution in [1.82, 2.24) is 14.8 Å². The molecule has 2 heterocycles. The lowest BCUT2D eigenvalue weighted by molar-refractivity contribution is 0.276. The molecule has 90 valence electrons. The van der Waals surface area contributed by atoms with Crippen LogP contribution in [0.1, 0.15) is 17.0 Å². The maximum absolute atomic E-state index is 9.20. The van der Waals surface area contributed by atoms with Crippen molar-refractivity contribution < 1.29 is 9.84 Å². The molecule has 1 N–H and O–H groups in total. The number of hydrogen-bond donors (Lipinski definition) is 1. The topological polar surface area (TPSA) is 60.2 Å². The summed E-state index contributed by atoms with van der Waals surface area (Å²) in [6, 6.07) is 1.73. The van der Waals surface area contributed by atoms with Crippen LogP contribution >= 0.6 is 0 Å². The van der Waals surface area contributed by atoms with Crippen molar-refractivity contribution in [2.24, 2.45) is 7.05 Å². The molecule has 5 heteroatoms. The number of aryl methyl sites for hydroxylation is 2. The summed E-state index contributed by atoms with van der Waals surface area (Å²) in [6.45, 7) is 3.73. The Kier molecular flexibility index (Phi) is 3.10. The van der Waals surface area contributed by atoms with Gasteiger partial charge in [0.1, 0.15) is 11.4 Å². The van der Waals surface area contributed by atoms with Gasteiger partial charge in [-0.25, -0.2) is 0 Å². The minimum Gasteiger partial charge on any atom is -0.453 e. The molecule has 0 spiro atoms. The lowest BCUT2D eigenvalue weighted by Crippen LogP contribution is -1.95. The largest absolute Gasteiger partial charge is 0.453 e. The van der Waals surface area contributed by atoms with E-state index >= 15 is 0 Å². The van der Waals surface area contributed by atoms with Crippen LogP contribution in [-0.4, -0.2) is 19.9 Å². The van der Waals surface area contributed by atoms with Gasteiger partial charge in [0.25, 0.3) is 0 Å². The molecule has 0 saturated heterocycles. The molecule has 0 aliphatic heterocycles. The number of aromatic nitrogens is 3. The molecule has 0 aromatic carbocycles. The molecular weight excluding hydrogens is 218 g/mol.